The number of fused-ring (bicyclic) bond motifs is 1. The molecule has 0 saturated heterocycles. The van der Waals surface area contributed by atoms with Crippen molar-refractivity contribution >= 4 is 28.9 Å². The first kappa shape index (κ1) is 18.0. The zero-order valence-corrected chi connectivity index (χ0v) is 15.5. The van der Waals surface area contributed by atoms with E-state index in [1.54, 1.807) is 16.7 Å². The molecule has 130 valence electrons. The van der Waals surface area contributed by atoms with Gasteiger partial charge in [-0.1, -0.05) is 35.3 Å². The van der Waals surface area contributed by atoms with Crippen LogP contribution in [0.1, 0.15) is 29.7 Å². The van der Waals surface area contributed by atoms with Crippen molar-refractivity contribution in [3.8, 4) is 0 Å². The van der Waals surface area contributed by atoms with E-state index >= 15 is 0 Å². The lowest BCUT2D eigenvalue weighted by Gasteiger charge is -2.21. The minimum absolute atomic E-state index is 0.0238. The van der Waals surface area contributed by atoms with Crippen LogP contribution in [0.4, 0.5) is 0 Å². The van der Waals surface area contributed by atoms with Crippen molar-refractivity contribution in [1.29, 1.82) is 0 Å². The van der Waals surface area contributed by atoms with Crippen molar-refractivity contribution in [2.24, 2.45) is 4.99 Å². The van der Waals surface area contributed by atoms with Gasteiger partial charge in [-0.3, -0.25) is 9.79 Å². The van der Waals surface area contributed by atoms with Gasteiger partial charge in [0.1, 0.15) is 0 Å². The summed E-state index contributed by atoms with van der Waals surface area (Å²) in [7, 11) is 0. The largest absolute Gasteiger partial charge is 0.308 e. The van der Waals surface area contributed by atoms with Crippen molar-refractivity contribution in [3.05, 3.63) is 80.2 Å². The number of aromatic nitrogens is 1. The Balaban J connectivity index is 1.81. The van der Waals surface area contributed by atoms with Crippen molar-refractivity contribution in [3.63, 3.8) is 0 Å². The summed E-state index contributed by atoms with van der Waals surface area (Å²) in [6, 6.07) is 9.22. The molecule has 5 heteroatoms. The maximum Gasteiger partial charge on any atom is 0.251 e. The molecule has 3 rings (SSSR count). The van der Waals surface area contributed by atoms with Gasteiger partial charge in [0.25, 0.3) is 5.56 Å². The van der Waals surface area contributed by atoms with Crippen LogP contribution >= 0.6 is 23.2 Å². The fraction of sp³-hybridized carbons (Fsp3) is 0.300. The Morgan fingerprint density at radius 1 is 1.16 bits per heavy atom. The molecule has 25 heavy (non-hydrogen) atoms. The highest BCUT2D eigenvalue weighted by atomic mass is 35.5. The van der Waals surface area contributed by atoms with E-state index in [1.807, 2.05) is 24.3 Å². The monoisotopic (exact) mass is 374 g/mol. The molecule has 0 atom stereocenters. The van der Waals surface area contributed by atoms with Crippen molar-refractivity contribution in [2.45, 2.75) is 32.2 Å². The molecule has 0 radical (unpaired) electrons. The van der Waals surface area contributed by atoms with Gasteiger partial charge in [0.2, 0.25) is 0 Å². The van der Waals surface area contributed by atoms with Crippen LogP contribution < -0.4 is 5.56 Å². The summed E-state index contributed by atoms with van der Waals surface area (Å²) in [5.74, 6) is 0. The first-order valence-electron chi connectivity index (χ1n) is 8.41. The van der Waals surface area contributed by atoms with Crippen LogP contribution in [0.2, 0.25) is 10.0 Å². The highest BCUT2D eigenvalue weighted by Gasteiger charge is 2.18. The van der Waals surface area contributed by atoms with Crippen molar-refractivity contribution in [1.82, 2.24) is 4.57 Å². The van der Waals surface area contributed by atoms with E-state index in [9.17, 15) is 4.79 Å². The average molecular weight is 375 g/mol. The summed E-state index contributed by atoms with van der Waals surface area (Å²) in [6.45, 7) is 4.98. The molecule has 1 aromatic heterocycles. The molecular weight excluding hydrogens is 355 g/mol. The summed E-state index contributed by atoms with van der Waals surface area (Å²) in [6.07, 6.45) is 5.43. The lowest BCUT2D eigenvalue weighted by atomic mass is 9.93. The molecule has 0 spiro atoms. The standard InChI is InChI=1S/C20H20Cl2N2O/c1-2-12-24-19-5-3-4-18(15(19)7-9-20(24)25)23-11-10-14-6-8-16(21)17(22)13-14/h2,6-9,13H,1,3-5,10-12H2. The van der Waals surface area contributed by atoms with Crippen LogP contribution in [-0.4, -0.2) is 16.8 Å². The molecule has 1 aliphatic rings. The number of rotatable bonds is 5. The van der Waals surface area contributed by atoms with E-state index in [-0.39, 0.29) is 5.56 Å². The lowest BCUT2D eigenvalue weighted by Crippen LogP contribution is -2.27. The molecule has 0 fully saturated rings. The minimum atomic E-state index is 0.0238. The van der Waals surface area contributed by atoms with E-state index in [0.717, 1.165) is 48.2 Å². The summed E-state index contributed by atoms with van der Waals surface area (Å²) in [5.41, 5.74) is 4.40. The quantitative estimate of drug-likeness (QED) is 0.697. The molecule has 0 saturated carbocycles. The number of benzene rings is 1. The zero-order chi connectivity index (χ0) is 17.8. The van der Waals surface area contributed by atoms with Gasteiger partial charge in [-0.05, 0) is 49.4 Å². The summed E-state index contributed by atoms with van der Waals surface area (Å²) in [4.78, 5) is 16.9. The van der Waals surface area contributed by atoms with Crippen LogP contribution in [0, 0.1) is 0 Å². The first-order valence-corrected chi connectivity index (χ1v) is 9.17. The Bertz CT molecular complexity index is 884. The number of hydrogen-bond donors (Lipinski definition) is 0. The third kappa shape index (κ3) is 4.05. The smallest absolute Gasteiger partial charge is 0.251 e. The van der Waals surface area contributed by atoms with Crippen LogP contribution in [0.15, 0.2) is 52.8 Å². The Kier molecular flexibility index (Phi) is 5.77. The molecule has 0 bridgehead atoms. The topological polar surface area (TPSA) is 34.4 Å². The Morgan fingerprint density at radius 3 is 2.76 bits per heavy atom. The third-order valence-electron chi connectivity index (χ3n) is 4.43. The number of pyridine rings is 1. The third-order valence-corrected chi connectivity index (χ3v) is 5.17. The maximum absolute atomic E-state index is 12.1. The molecule has 2 aromatic rings. The molecule has 0 N–H and O–H groups in total. The minimum Gasteiger partial charge on any atom is -0.308 e. The molecule has 1 heterocycles. The summed E-state index contributed by atoms with van der Waals surface area (Å²) in [5, 5.41) is 1.14. The number of allylic oxidation sites excluding steroid dienone is 1. The van der Waals surface area contributed by atoms with E-state index in [2.05, 4.69) is 6.58 Å². The second-order valence-electron chi connectivity index (χ2n) is 6.11. The number of halogens is 2. The predicted octanol–water partition coefficient (Wildman–Crippen LogP) is 4.71. The van der Waals surface area contributed by atoms with Gasteiger partial charge in [-0.25, -0.2) is 0 Å². The second kappa shape index (κ2) is 8.03. The molecule has 1 aliphatic carbocycles. The SMILES string of the molecule is C=CCn1c2c(ccc1=O)C(=NCCc1ccc(Cl)c(Cl)c1)CCC2. The van der Waals surface area contributed by atoms with Crippen LogP contribution in [0.3, 0.4) is 0 Å². The van der Waals surface area contributed by atoms with E-state index in [0.29, 0.717) is 23.1 Å². The van der Waals surface area contributed by atoms with Gasteiger partial charge < -0.3 is 4.57 Å². The van der Waals surface area contributed by atoms with Gasteiger partial charge in [-0.2, -0.15) is 0 Å². The normalized spacial score (nSPS) is 15.2. The molecule has 1 aromatic carbocycles. The fourth-order valence-corrected chi connectivity index (χ4v) is 3.54. The van der Waals surface area contributed by atoms with E-state index in [4.69, 9.17) is 28.2 Å². The summed E-state index contributed by atoms with van der Waals surface area (Å²) >= 11 is 12.0. The first-order chi connectivity index (χ1) is 12.1. The molecule has 3 nitrogen and oxygen atoms in total. The second-order valence-corrected chi connectivity index (χ2v) is 6.93. The van der Waals surface area contributed by atoms with Crippen molar-refractivity contribution < 1.29 is 0 Å². The number of hydrogen-bond acceptors (Lipinski definition) is 2. The average Bonchev–Trinajstić information content (AvgIpc) is 2.61. The van der Waals surface area contributed by atoms with E-state index in [1.165, 1.54) is 0 Å². The molecule has 0 unspecified atom stereocenters. The van der Waals surface area contributed by atoms with Crippen LogP contribution in [0.25, 0.3) is 0 Å². The van der Waals surface area contributed by atoms with Gasteiger partial charge in [-0.15, -0.1) is 6.58 Å². The Morgan fingerprint density at radius 2 is 2.00 bits per heavy atom. The Hall–Kier alpha value is -1.84. The number of aliphatic imine (C=N–C) groups is 1. The van der Waals surface area contributed by atoms with Gasteiger partial charge in [0.05, 0.1) is 10.0 Å². The summed E-state index contributed by atoms with van der Waals surface area (Å²) < 4.78 is 1.80. The van der Waals surface area contributed by atoms with Crippen LogP contribution in [-0.2, 0) is 19.4 Å². The Labute approximate surface area is 157 Å². The molecular formula is C20H20Cl2N2O. The van der Waals surface area contributed by atoms with Gasteiger partial charge in [0, 0.05) is 36.1 Å². The molecule has 0 aliphatic heterocycles. The highest BCUT2D eigenvalue weighted by Crippen LogP contribution is 2.23. The lowest BCUT2D eigenvalue weighted by molar-refractivity contribution is 0.675. The number of nitrogens with zero attached hydrogens (tertiary/aromatic N) is 2. The van der Waals surface area contributed by atoms with Crippen LogP contribution in [0.5, 0.6) is 0 Å². The molecule has 0 amide bonds. The zero-order valence-electron chi connectivity index (χ0n) is 14.0. The van der Waals surface area contributed by atoms with Gasteiger partial charge in [0.15, 0.2) is 0 Å². The maximum atomic E-state index is 12.1. The van der Waals surface area contributed by atoms with Crippen molar-refractivity contribution in [2.75, 3.05) is 6.54 Å². The predicted molar refractivity (Wildman–Crippen MR) is 105 cm³/mol. The highest BCUT2D eigenvalue weighted by molar-refractivity contribution is 6.42. The fourth-order valence-electron chi connectivity index (χ4n) is 3.22. The van der Waals surface area contributed by atoms with Gasteiger partial charge >= 0.3 is 0 Å². The van der Waals surface area contributed by atoms with E-state index < -0.39 is 0 Å².